The Kier molecular flexibility index (Phi) is 2.10. The Hall–Kier alpha value is -1.07. The summed E-state index contributed by atoms with van der Waals surface area (Å²) >= 11 is 9.26. The van der Waals surface area contributed by atoms with Crippen molar-refractivity contribution in [1.29, 1.82) is 0 Å². The largest absolute Gasteiger partial charge is 0.481 e. The number of nitrogens with one attached hydrogen (secondary N) is 1. The summed E-state index contributed by atoms with van der Waals surface area (Å²) in [6, 6.07) is 3.35. The molecule has 1 aliphatic carbocycles. The summed E-state index contributed by atoms with van der Waals surface area (Å²) in [5, 5.41) is 12.2. The number of carboxylic acid groups (broad SMARTS) is 1. The number of rotatable bonds is 1. The first kappa shape index (κ1) is 11.0. The maximum absolute atomic E-state index is 12.0. The van der Waals surface area contributed by atoms with E-state index in [0.717, 1.165) is 0 Å². The predicted molar refractivity (Wildman–Crippen MR) is 65.2 cm³/mol. The second-order valence-electron chi connectivity index (χ2n) is 4.33. The third kappa shape index (κ3) is 1.29. The summed E-state index contributed by atoms with van der Waals surface area (Å²) in [5.74, 6) is -1.83. The second kappa shape index (κ2) is 3.23. The molecule has 1 heterocycles. The molecule has 4 nitrogen and oxygen atoms in total. The number of aliphatic carboxylic acids is 1. The van der Waals surface area contributed by atoms with Gasteiger partial charge in [-0.15, -0.1) is 0 Å². The Balaban J connectivity index is 2.19. The molecular formula is C11H7BrClNO3. The number of carbonyl (C=O) groups is 2. The van der Waals surface area contributed by atoms with Crippen molar-refractivity contribution >= 4 is 45.1 Å². The number of benzene rings is 1. The van der Waals surface area contributed by atoms with E-state index in [1.165, 1.54) is 0 Å². The van der Waals surface area contributed by atoms with Crippen molar-refractivity contribution in [2.45, 2.75) is 11.8 Å². The molecule has 0 radical (unpaired) electrons. The van der Waals surface area contributed by atoms with Crippen molar-refractivity contribution in [2.75, 3.05) is 5.32 Å². The van der Waals surface area contributed by atoms with E-state index in [0.29, 0.717) is 27.2 Å². The lowest BCUT2D eigenvalue weighted by Crippen LogP contribution is -2.24. The van der Waals surface area contributed by atoms with Gasteiger partial charge in [0.1, 0.15) is 0 Å². The highest BCUT2D eigenvalue weighted by atomic mass is 79.9. The lowest BCUT2D eigenvalue weighted by molar-refractivity contribution is -0.140. The van der Waals surface area contributed by atoms with E-state index in [1.54, 1.807) is 12.1 Å². The molecule has 1 aliphatic heterocycles. The van der Waals surface area contributed by atoms with Crippen molar-refractivity contribution < 1.29 is 14.7 Å². The van der Waals surface area contributed by atoms with Gasteiger partial charge < -0.3 is 10.4 Å². The molecule has 0 saturated heterocycles. The number of carboxylic acids is 1. The molecule has 3 rings (SSSR count). The highest BCUT2D eigenvalue weighted by Crippen LogP contribution is 2.61. The van der Waals surface area contributed by atoms with Gasteiger partial charge in [-0.25, -0.2) is 0 Å². The van der Waals surface area contributed by atoms with E-state index in [1.807, 2.05) is 0 Å². The van der Waals surface area contributed by atoms with Crippen LogP contribution in [0.3, 0.4) is 0 Å². The molecule has 0 bridgehead atoms. The van der Waals surface area contributed by atoms with Crippen molar-refractivity contribution in [3.05, 3.63) is 27.2 Å². The third-order valence-electron chi connectivity index (χ3n) is 3.44. The van der Waals surface area contributed by atoms with Gasteiger partial charge in [-0.1, -0.05) is 11.6 Å². The Labute approximate surface area is 110 Å². The zero-order valence-electron chi connectivity index (χ0n) is 8.46. The Bertz CT molecular complexity index is 574. The fourth-order valence-corrected chi connectivity index (χ4v) is 3.42. The van der Waals surface area contributed by atoms with Gasteiger partial charge in [0.2, 0.25) is 5.91 Å². The maximum atomic E-state index is 12.0. The van der Waals surface area contributed by atoms with Gasteiger partial charge in [-0.05, 0) is 40.0 Å². The number of hydrogen-bond acceptors (Lipinski definition) is 2. The summed E-state index contributed by atoms with van der Waals surface area (Å²) in [7, 11) is 0. The summed E-state index contributed by atoms with van der Waals surface area (Å²) in [4.78, 5) is 23.0. The van der Waals surface area contributed by atoms with Gasteiger partial charge in [0.15, 0.2) is 0 Å². The maximum Gasteiger partial charge on any atom is 0.307 e. The van der Waals surface area contributed by atoms with Crippen LogP contribution >= 0.6 is 27.5 Å². The first-order valence-electron chi connectivity index (χ1n) is 5.00. The van der Waals surface area contributed by atoms with Crippen molar-refractivity contribution in [3.8, 4) is 0 Å². The molecule has 2 aliphatic rings. The Morgan fingerprint density at radius 3 is 2.88 bits per heavy atom. The summed E-state index contributed by atoms with van der Waals surface area (Å²) in [6.45, 7) is 0. The first-order valence-corrected chi connectivity index (χ1v) is 6.17. The fourth-order valence-electron chi connectivity index (χ4n) is 2.51. The standard InChI is InChI=1S/C11H7BrClNO3/c12-7-2-4(13)1-5-8(7)14-10(17)11(5)3-6(11)9(15)16/h1-2,6H,3H2,(H,14,17)(H,15,16). The average molecular weight is 317 g/mol. The van der Waals surface area contributed by atoms with Crippen LogP contribution in [0.15, 0.2) is 16.6 Å². The van der Waals surface area contributed by atoms with E-state index in [2.05, 4.69) is 21.2 Å². The summed E-state index contributed by atoms with van der Waals surface area (Å²) < 4.78 is 0.682. The van der Waals surface area contributed by atoms with E-state index < -0.39 is 17.3 Å². The van der Waals surface area contributed by atoms with Gasteiger partial charge >= 0.3 is 5.97 Å². The van der Waals surface area contributed by atoms with Crippen molar-refractivity contribution in [1.82, 2.24) is 0 Å². The summed E-state index contributed by atoms with van der Waals surface area (Å²) in [6.07, 6.45) is 0.341. The number of fused-ring (bicyclic) bond motifs is 2. The molecule has 1 spiro atoms. The van der Waals surface area contributed by atoms with Gasteiger partial charge in [0.05, 0.1) is 17.0 Å². The van der Waals surface area contributed by atoms with Crippen LogP contribution in [0.1, 0.15) is 12.0 Å². The fraction of sp³-hybridized carbons (Fsp3) is 0.273. The lowest BCUT2D eigenvalue weighted by Gasteiger charge is -2.07. The molecule has 2 N–H and O–H groups in total. The molecule has 2 unspecified atom stereocenters. The number of amides is 1. The van der Waals surface area contributed by atoms with Gasteiger partial charge in [-0.3, -0.25) is 9.59 Å². The number of halogens is 2. The summed E-state index contributed by atoms with van der Waals surface area (Å²) in [5.41, 5.74) is 0.423. The van der Waals surface area contributed by atoms with Crippen LogP contribution in [0.5, 0.6) is 0 Å². The minimum Gasteiger partial charge on any atom is -0.481 e. The monoisotopic (exact) mass is 315 g/mol. The quantitative estimate of drug-likeness (QED) is 0.836. The zero-order valence-corrected chi connectivity index (χ0v) is 10.8. The van der Waals surface area contributed by atoms with Gasteiger partial charge in [-0.2, -0.15) is 0 Å². The Morgan fingerprint density at radius 1 is 1.59 bits per heavy atom. The normalized spacial score (nSPS) is 29.1. The second-order valence-corrected chi connectivity index (χ2v) is 5.62. The highest BCUT2D eigenvalue weighted by molar-refractivity contribution is 9.10. The number of hydrogen-bond donors (Lipinski definition) is 2. The van der Waals surface area contributed by atoms with E-state index in [4.69, 9.17) is 16.7 Å². The predicted octanol–water partition coefficient (Wildman–Crippen LogP) is 2.40. The molecule has 6 heteroatoms. The van der Waals surface area contributed by atoms with E-state index in [-0.39, 0.29) is 5.91 Å². The van der Waals surface area contributed by atoms with Crippen LogP contribution < -0.4 is 5.32 Å². The number of anilines is 1. The lowest BCUT2D eigenvalue weighted by atomic mass is 9.95. The molecule has 0 aromatic heterocycles. The van der Waals surface area contributed by atoms with E-state index >= 15 is 0 Å². The smallest absolute Gasteiger partial charge is 0.307 e. The third-order valence-corrected chi connectivity index (χ3v) is 4.28. The molecule has 1 aromatic rings. The minimum atomic E-state index is -0.941. The van der Waals surface area contributed by atoms with Gasteiger partial charge in [0, 0.05) is 9.50 Å². The molecule has 1 saturated carbocycles. The first-order chi connectivity index (χ1) is 7.96. The zero-order chi connectivity index (χ0) is 12.4. The molecule has 17 heavy (non-hydrogen) atoms. The number of carbonyl (C=O) groups excluding carboxylic acids is 1. The van der Waals surface area contributed by atoms with Crippen LogP contribution in [0.4, 0.5) is 5.69 Å². The SMILES string of the molecule is O=C(O)C1CC12C(=O)Nc1c(Br)cc(Cl)cc12. The minimum absolute atomic E-state index is 0.247. The molecular weight excluding hydrogens is 309 g/mol. The Morgan fingerprint density at radius 2 is 2.29 bits per heavy atom. The van der Waals surface area contributed by atoms with Crippen molar-refractivity contribution in [2.24, 2.45) is 5.92 Å². The highest BCUT2D eigenvalue weighted by Gasteiger charge is 2.68. The van der Waals surface area contributed by atoms with Crippen LogP contribution in [-0.2, 0) is 15.0 Å². The average Bonchev–Trinajstić information content (AvgIpc) is 2.91. The van der Waals surface area contributed by atoms with Crippen LogP contribution in [0, 0.1) is 5.92 Å². The molecule has 1 fully saturated rings. The van der Waals surface area contributed by atoms with Gasteiger partial charge in [0.25, 0.3) is 0 Å². The van der Waals surface area contributed by atoms with Crippen LogP contribution in [-0.4, -0.2) is 17.0 Å². The van der Waals surface area contributed by atoms with Crippen LogP contribution in [0.25, 0.3) is 0 Å². The molecule has 1 aromatic carbocycles. The molecule has 2 atom stereocenters. The van der Waals surface area contributed by atoms with E-state index in [9.17, 15) is 9.59 Å². The van der Waals surface area contributed by atoms with Crippen LogP contribution in [0.2, 0.25) is 5.02 Å². The topological polar surface area (TPSA) is 66.4 Å². The van der Waals surface area contributed by atoms with Crippen molar-refractivity contribution in [3.63, 3.8) is 0 Å². The molecule has 1 amide bonds. The molecule has 88 valence electrons.